The Labute approximate surface area is 107 Å². The number of anilines is 1. The maximum absolute atomic E-state index is 11.7. The number of carbonyl (C=O) groups excluding carboxylic acids is 1. The molecule has 6 heteroatoms. The lowest BCUT2D eigenvalue weighted by Gasteiger charge is -2.24. The summed E-state index contributed by atoms with van der Waals surface area (Å²) in [4.78, 5) is 17.6. The van der Waals surface area contributed by atoms with Crippen LogP contribution in [0, 0.1) is 0 Å². The van der Waals surface area contributed by atoms with E-state index in [-0.39, 0.29) is 25.1 Å². The Hall–Kier alpha value is -1.66. The Bertz CT molecular complexity index is 356. The molecule has 0 aliphatic rings. The number of amides is 1. The lowest BCUT2D eigenvalue weighted by atomic mass is 10.3. The molecule has 0 aliphatic heterocycles. The van der Waals surface area contributed by atoms with Crippen LogP contribution in [-0.4, -0.2) is 46.6 Å². The highest BCUT2D eigenvalue weighted by Gasteiger charge is 2.13. The van der Waals surface area contributed by atoms with Crippen molar-refractivity contribution in [2.75, 3.05) is 25.1 Å². The Morgan fingerprint density at radius 1 is 1.50 bits per heavy atom. The summed E-state index contributed by atoms with van der Waals surface area (Å²) in [6, 6.07) is 5.59. The molecular weight excluding hydrogens is 232 g/mol. The summed E-state index contributed by atoms with van der Waals surface area (Å²) in [5.41, 5.74) is 5.30. The minimum absolute atomic E-state index is 0.0408. The number of aromatic nitrogens is 1. The maximum atomic E-state index is 11.7. The molecule has 1 aromatic rings. The van der Waals surface area contributed by atoms with Crippen LogP contribution in [0.5, 0.6) is 0 Å². The van der Waals surface area contributed by atoms with E-state index in [2.05, 4.69) is 15.8 Å². The van der Waals surface area contributed by atoms with Crippen LogP contribution in [0.15, 0.2) is 24.4 Å². The molecule has 1 amide bonds. The van der Waals surface area contributed by atoms with Crippen LogP contribution >= 0.6 is 0 Å². The number of pyridine rings is 1. The van der Waals surface area contributed by atoms with E-state index in [4.69, 9.17) is 5.11 Å². The molecule has 18 heavy (non-hydrogen) atoms. The van der Waals surface area contributed by atoms with Gasteiger partial charge in [-0.3, -0.25) is 20.5 Å². The number of rotatable bonds is 7. The SMILES string of the molecule is CC(C)N(CCO)CC(=O)NNc1ccccn1. The minimum atomic E-state index is -0.164. The van der Waals surface area contributed by atoms with Crippen LogP contribution in [-0.2, 0) is 4.79 Å². The third-order valence-electron chi connectivity index (χ3n) is 2.46. The third kappa shape index (κ3) is 5.11. The normalized spacial score (nSPS) is 10.7. The molecule has 0 aliphatic carbocycles. The van der Waals surface area contributed by atoms with Crippen LogP contribution in [0.2, 0.25) is 0 Å². The lowest BCUT2D eigenvalue weighted by Crippen LogP contribution is -2.43. The fourth-order valence-corrected chi connectivity index (χ4v) is 1.44. The van der Waals surface area contributed by atoms with E-state index in [1.807, 2.05) is 24.8 Å². The van der Waals surface area contributed by atoms with E-state index >= 15 is 0 Å². The third-order valence-corrected chi connectivity index (χ3v) is 2.46. The molecule has 0 spiro atoms. The number of nitrogens with zero attached hydrogens (tertiary/aromatic N) is 2. The predicted octanol–water partition coefficient (Wildman–Crippen LogP) is 0.227. The highest BCUT2D eigenvalue weighted by atomic mass is 16.3. The molecule has 0 radical (unpaired) electrons. The first-order valence-electron chi connectivity index (χ1n) is 5.94. The van der Waals surface area contributed by atoms with Gasteiger partial charge in [0.1, 0.15) is 5.82 Å². The van der Waals surface area contributed by atoms with Gasteiger partial charge in [0.2, 0.25) is 0 Å². The zero-order valence-electron chi connectivity index (χ0n) is 10.8. The average molecular weight is 252 g/mol. The Balaban J connectivity index is 2.36. The van der Waals surface area contributed by atoms with Crippen molar-refractivity contribution in [3.8, 4) is 0 Å². The standard InChI is InChI=1S/C12H20N4O2/c1-10(2)16(7-8-17)9-12(18)15-14-11-5-3-4-6-13-11/h3-6,10,17H,7-9H2,1-2H3,(H,13,14)(H,15,18). The van der Waals surface area contributed by atoms with E-state index < -0.39 is 0 Å². The van der Waals surface area contributed by atoms with Gasteiger partial charge >= 0.3 is 0 Å². The van der Waals surface area contributed by atoms with Gasteiger partial charge in [-0.15, -0.1) is 0 Å². The average Bonchev–Trinajstić information content (AvgIpc) is 2.37. The summed E-state index contributed by atoms with van der Waals surface area (Å²) >= 11 is 0. The van der Waals surface area contributed by atoms with Gasteiger partial charge < -0.3 is 5.11 Å². The largest absolute Gasteiger partial charge is 0.395 e. The van der Waals surface area contributed by atoms with Crippen molar-refractivity contribution in [1.82, 2.24) is 15.3 Å². The Morgan fingerprint density at radius 2 is 2.28 bits per heavy atom. The Kier molecular flexibility index (Phi) is 6.10. The van der Waals surface area contributed by atoms with Gasteiger partial charge in [0, 0.05) is 18.8 Å². The topological polar surface area (TPSA) is 77.5 Å². The first kappa shape index (κ1) is 14.4. The van der Waals surface area contributed by atoms with Gasteiger partial charge in [0.25, 0.3) is 5.91 Å². The van der Waals surface area contributed by atoms with Crippen LogP contribution in [0.1, 0.15) is 13.8 Å². The zero-order valence-corrected chi connectivity index (χ0v) is 10.8. The Morgan fingerprint density at radius 3 is 2.83 bits per heavy atom. The van der Waals surface area contributed by atoms with Gasteiger partial charge in [-0.2, -0.15) is 0 Å². The first-order chi connectivity index (χ1) is 8.63. The monoisotopic (exact) mass is 252 g/mol. The van der Waals surface area contributed by atoms with Crippen molar-refractivity contribution >= 4 is 11.7 Å². The number of carbonyl (C=O) groups is 1. The molecule has 6 nitrogen and oxygen atoms in total. The van der Waals surface area contributed by atoms with Crippen molar-refractivity contribution in [3.05, 3.63) is 24.4 Å². The summed E-state index contributed by atoms with van der Waals surface area (Å²) in [7, 11) is 0. The maximum Gasteiger partial charge on any atom is 0.252 e. The number of nitrogens with one attached hydrogen (secondary N) is 2. The number of hydrogen-bond donors (Lipinski definition) is 3. The van der Waals surface area contributed by atoms with E-state index in [1.54, 1.807) is 18.3 Å². The van der Waals surface area contributed by atoms with Crippen molar-refractivity contribution in [1.29, 1.82) is 0 Å². The number of aliphatic hydroxyl groups is 1. The highest BCUT2D eigenvalue weighted by Crippen LogP contribution is 1.98. The predicted molar refractivity (Wildman–Crippen MR) is 69.8 cm³/mol. The quantitative estimate of drug-likeness (QED) is 0.605. The molecular formula is C12H20N4O2. The van der Waals surface area contributed by atoms with Crippen LogP contribution in [0.25, 0.3) is 0 Å². The van der Waals surface area contributed by atoms with Crippen molar-refractivity contribution in [2.24, 2.45) is 0 Å². The first-order valence-corrected chi connectivity index (χ1v) is 5.94. The van der Waals surface area contributed by atoms with Crippen molar-refractivity contribution < 1.29 is 9.90 Å². The molecule has 0 saturated heterocycles. The van der Waals surface area contributed by atoms with Gasteiger partial charge in [-0.1, -0.05) is 6.07 Å². The number of aliphatic hydroxyl groups excluding tert-OH is 1. The van der Waals surface area contributed by atoms with E-state index in [0.29, 0.717) is 12.4 Å². The molecule has 0 bridgehead atoms. The summed E-state index contributed by atoms with van der Waals surface area (Å²) in [5.74, 6) is 0.423. The van der Waals surface area contributed by atoms with Gasteiger partial charge in [-0.05, 0) is 26.0 Å². The molecule has 0 aromatic carbocycles. The van der Waals surface area contributed by atoms with Gasteiger partial charge in [0.05, 0.1) is 13.2 Å². The number of hydrazine groups is 1. The minimum Gasteiger partial charge on any atom is -0.395 e. The van der Waals surface area contributed by atoms with Gasteiger partial charge in [0.15, 0.2) is 0 Å². The second kappa shape index (κ2) is 7.62. The van der Waals surface area contributed by atoms with Crippen LogP contribution in [0.4, 0.5) is 5.82 Å². The van der Waals surface area contributed by atoms with Crippen LogP contribution < -0.4 is 10.9 Å². The summed E-state index contributed by atoms with van der Waals surface area (Å²) in [5, 5.41) is 8.91. The molecule has 3 N–H and O–H groups in total. The summed E-state index contributed by atoms with van der Waals surface area (Å²) in [6.45, 7) is 4.72. The molecule has 0 unspecified atom stereocenters. The smallest absolute Gasteiger partial charge is 0.252 e. The molecule has 0 saturated carbocycles. The fraction of sp³-hybridized carbons (Fsp3) is 0.500. The van der Waals surface area contributed by atoms with Crippen LogP contribution in [0.3, 0.4) is 0 Å². The second-order valence-corrected chi connectivity index (χ2v) is 4.18. The lowest BCUT2D eigenvalue weighted by molar-refractivity contribution is -0.122. The summed E-state index contributed by atoms with van der Waals surface area (Å²) in [6.07, 6.45) is 1.64. The van der Waals surface area contributed by atoms with E-state index in [1.165, 1.54) is 0 Å². The van der Waals surface area contributed by atoms with Crippen molar-refractivity contribution in [3.63, 3.8) is 0 Å². The molecule has 100 valence electrons. The molecule has 0 fully saturated rings. The zero-order chi connectivity index (χ0) is 13.4. The molecule has 1 rings (SSSR count). The second-order valence-electron chi connectivity index (χ2n) is 4.18. The van der Waals surface area contributed by atoms with E-state index in [0.717, 1.165) is 0 Å². The highest BCUT2D eigenvalue weighted by molar-refractivity contribution is 5.79. The summed E-state index contributed by atoms with van der Waals surface area (Å²) < 4.78 is 0. The number of hydrogen-bond acceptors (Lipinski definition) is 5. The van der Waals surface area contributed by atoms with Crippen molar-refractivity contribution in [2.45, 2.75) is 19.9 Å². The van der Waals surface area contributed by atoms with E-state index in [9.17, 15) is 4.79 Å². The van der Waals surface area contributed by atoms with Gasteiger partial charge in [-0.25, -0.2) is 4.98 Å². The fourth-order valence-electron chi connectivity index (χ4n) is 1.44. The molecule has 1 aromatic heterocycles. The molecule has 1 heterocycles. The molecule has 0 atom stereocenters.